The smallest absolute Gasteiger partial charge is 0.239 e. The maximum atomic E-state index is 12.0. The third-order valence-corrected chi connectivity index (χ3v) is 3.74. The van der Waals surface area contributed by atoms with Crippen LogP contribution in [0.25, 0.3) is 0 Å². The summed E-state index contributed by atoms with van der Waals surface area (Å²) in [5.41, 5.74) is 0. The van der Waals surface area contributed by atoms with Gasteiger partial charge in [-0.2, -0.15) is 0 Å². The van der Waals surface area contributed by atoms with Crippen LogP contribution in [0.2, 0.25) is 0 Å². The molecule has 2 rings (SSSR count). The second kappa shape index (κ2) is 6.45. The second-order valence-corrected chi connectivity index (χ2v) is 5.02. The van der Waals surface area contributed by atoms with Gasteiger partial charge in [0.15, 0.2) is 0 Å². The van der Waals surface area contributed by atoms with Crippen LogP contribution in [0.5, 0.6) is 0 Å². The van der Waals surface area contributed by atoms with E-state index in [2.05, 4.69) is 5.32 Å². The summed E-state index contributed by atoms with van der Waals surface area (Å²) in [4.78, 5) is 13.9. The van der Waals surface area contributed by atoms with E-state index in [1.54, 1.807) is 0 Å². The van der Waals surface area contributed by atoms with Gasteiger partial charge in [0, 0.05) is 13.6 Å². The first-order chi connectivity index (χ1) is 7.27. The summed E-state index contributed by atoms with van der Waals surface area (Å²) in [5, 5.41) is 3.27. The van der Waals surface area contributed by atoms with Crippen LogP contribution in [0.3, 0.4) is 0 Å². The maximum Gasteiger partial charge on any atom is 0.239 e. The monoisotopic (exact) mass is 246 g/mol. The van der Waals surface area contributed by atoms with Crippen LogP contribution in [0, 0.1) is 5.92 Å². The minimum Gasteiger partial charge on any atom is -0.344 e. The van der Waals surface area contributed by atoms with Crippen molar-refractivity contribution in [3.05, 3.63) is 0 Å². The molecule has 1 aliphatic heterocycles. The van der Waals surface area contributed by atoms with Crippen LogP contribution in [-0.2, 0) is 4.79 Å². The van der Waals surface area contributed by atoms with E-state index in [1.165, 1.54) is 25.7 Å². The highest BCUT2D eigenvalue weighted by atomic mass is 35.5. The Kier molecular flexibility index (Phi) is 5.56. The lowest BCUT2D eigenvalue weighted by molar-refractivity contribution is -0.132. The fraction of sp³-hybridized carbons (Fsp3) is 0.917. The molecule has 0 bridgehead atoms. The number of halogens is 1. The van der Waals surface area contributed by atoms with Gasteiger partial charge in [-0.15, -0.1) is 12.4 Å². The molecule has 3 nitrogen and oxygen atoms in total. The van der Waals surface area contributed by atoms with E-state index in [9.17, 15) is 4.79 Å². The molecule has 1 aliphatic carbocycles. The van der Waals surface area contributed by atoms with Gasteiger partial charge in [-0.1, -0.05) is 12.8 Å². The minimum absolute atomic E-state index is 0. The van der Waals surface area contributed by atoms with Gasteiger partial charge in [0.2, 0.25) is 5.91 Å². The Morgan fingerprint density at radius 1 is 1.25 bits per heavy atom. The Hall–Kier alpha value is -0.280. The Bertz CT molecular complexity index is 223. The third kappa shape index (κ3) is 3.36. The van der Waals surface area contributed by atoms with Crippen LogP contribution < -0.4 is 5.32 Å². The zero-order valence-electron chi connectivity index (χ0n) is 10.1. The summed E-state index contributed by atoms with van der Waals surface area (Å²) < 4.78 is 0. The fourth-order valence-electron chi connectivity index (χ4n) is 2.83. The first-order valence-corrected chi connectivity index (χ1v) is 6.26. The van der Waals surface area contributed by atoms with Crippen molar-refractivity contribution in [3.63, 3.8) is 0 Å². The van der Waals surface area contributed by atoms with Crippen molar-refractivity contribution in [2.24, 2.45) is 5.92 Å². The quantitative estimate of drug-likeness (QED) is 0.824. The van der Waals surface area contributed by atoms with E-state index in [0.717, 1.165) is 31.8 Å². The average Bonchev–Trinajstić information content (AvgIpc) is 2.88. The normalized spacial score (nSPS) is 25.4. The largest absolute Gasteiger partial charge is 0.344 e. The van der Waals surface area contributed by atoms with Gasteiger partial charge in [0.05, 0.1) is 6.04 Å². The van der Waals surface area contributed by atoms with Gasteiger partial charge in [0.25, 0.3) is 0 Å². The van der Waals surface area contributed by atoms with Crippen molar-refractivity contribution in [2.45, 2.75) is 44.6 Å². The molecule has 2 aliphatic rings. The molecule has 94 valence electrons. The molecular formula is C12H23ClN2O. The Balaban J connectivity index is 0.00000128. The van der Waals surface area contributed by atoms with E-state index >= 15 is 0 Å². The molecule has 2 fully saturated rings. The standard InChI is InChI=1S/C12H22N2O.ClH/c1-14(9-10-5-2-3-6-10)12(15)11-7-4-8-13-11;/h10-11,13H,2-9H2,1H3;1H. The van der Waals surface area contributed by atoms with Gasteiger partial charge in [-0.3, -0.25) is 4.79 Å². The molecule has 1 heterocycles. The van der Waals surface area contributed by atoms with Crippen LogP contribution in [-0.4, -0.2) is 37.0 Å². The third-order valence-electron chi connectivity index (χ3n) is 3.74. The lowest BCUT2D eigenvalue weighted by Crippen LogP contribution is -2.43. The lowest BCUT2D eigenvalue weighted by Gasteiger charge is -2.24. The summed E-state index contributed by atoms with van der Waals surface area (Å²) in [6.07, 6.45) is 7.51. The summed E-state index contributed by atoms with van der Waals surface area (Å²) in [6.45, 7) is 1.98. The molecule has 1 N–H and O–H groups in total. The summed E-state index contributed by atoms with van der Waals surface area (Å²) in [5.74, 6) is 1.07. The van der Waals surface area contributed by atoms with Crippen molar-refractivity contribution < 1.29 is 4.79 Å². The predicted octanol–water partition coefficient (Wildman–Crippen LogP) is 1.81. The first kappa shape index (κ1) is 13.8. The molecule has 0 spiro atoms. The van der Waals surface area contributed by atoms with Crippen molar-refractivity contribution in [1.82, 2.24) is 10.2 Å². The number of amides is 1. The topological polar surface area (TPSA) is 32.3 Å². The molecule has 0 aromatic heterocycles. The highest BCUT2D eigenvalue weighted by Crippen LogP contribution is 2.25. The van der Waals surface area contributed by atoms with Crippen molar-refractivity contribution >= 4 is 18.3 Å². The van der Waals surface area contributed by atoms with E-state index in [4.69, 9.17) is 0 Å². The van der Waals surface area contributed by atoms with Gasteiger partial charge < -0.3 is 10.2 Å². The van der Waals surface area contributed by atoms with Crippen molar-refractivity contribution in [2.75, 3.05) is 20.1 Å². The molecule has 0 aromatic carbocycles. The first-order valence-electron chi connectivity index (χ1n) is 6.26. The molecule has 4 heteroatoms. The van der Waals surface area contributed by atoms with E-state index < -0.39 is 0 Å². The summed E-state index contributed by atoms with van der Waals surface area (Å²) in [6, 6.07) is 0.108. The number of nitrogens with one attached hydrogen (secondary N) is 1. The summed E-state index contributed by atoms with van der Waals surface area (Å²) in [7, 11) is 1.96. The minimum atomic E-state index is 0. The molecule has 1 unspecified atom stereocenters. The Morgan fingerprint density at radius 3 is 2.50 bits per heavy atom. The number of carbonyl (C=O) groups excluding carboxylic acids is 1. The van der Waals surface area contributed by atoms with Crippen LogP contribution in [0.1, 0.15) is 38.5 Å². The number of rotatable bonds is 3. The highest BCUT2D eigenvalue weighted by Gasteiger charge is 2.26. The molecule has 1 atom stereocenters. The molecule has 0 aromatic rings. The Labute approximate surface area is 104 Å². The SMILES string of the molecule is CN(CC1CCCC1)C(=O)C1CCCN1.Cl. The molecule has 0 radical (unpaired) electrons. The highest BCUT2D eigenvalue weighted by molar-refractivity contribution is 5.85. The second-order valence-electron chi connectivity index (χ2n) is 5.02. The van der Waals surface area contributed by atoms with Crippen molar-refractivity contribution in [3.8, 4) is 0 Å². The fourth-order valence-corrected chi connectivity index (χ4v) is 2.83. The van der Waals surface area contributed by atoms with Gasteiger partial charge in [-0.05, 0) is 38.1 Å². The zero-order chi connectivity index (χ0) is 10.7. The molecule has 16 heavy (non-hydrogen) atoms. The molecular weight excluding hydrogens is 224 g/mol. The van der Waals surface area contributed by atoms with Gasteiger partial charge >= 0.3 is 0 Å². The van der Waals surface area contributed by atoms with Crippen LogP contribution >= 0.6 is 12.4 Å². The van der Waals surface area contributed by atoms with E-state index in [-0.39, 0.29) is 18.4 Å². The molecule has 1 amide bonds. The number of hydrogen-bond acceptors (Lipinski definition) is 2. The lowest BCUT2D eigenvalue weighted by atomic mass is 10.1. The van der Waals surface area contributed by atoms with Crippen molar-refractivity contribution in [1.29, 1.82) is 0 Å². The predicted molar refractivity (Wildman–Crippen MR) is 67.9 cm³/mol. The number of carbonyl (C=O) groups is 1. The van der Waals surface area contributed by atoms with Crippen LogP contribution in [0.15, 0.2) is 0 Å². The molecule has 1 saturated carbocycles. The van der Waals surface area contributed by atoms with E-state index in [1.807, 2.05) is 11.9 Å². The summed E-state index contributed by atoms with van der Waals surface area (Å²) >= 11 is 0. The Morgan fingerprint density at radius 2 is 1.94 bits per heavy atom. The van der Waals surface area contributed by atoms with Crippen LogP contribution in [0.4, 0.5) is 0 Å². The van der Waals surface area contributed by atoms with E-state index in [0.29, 0.717) is 5.91 Å². The van der Waals surface area contributed by atoms with Gasteiger partial charge in [0.1, 0.15) is 0 Å². The number of hydrogen-bond donors (Lipinski definition) is 1. The number of likely N-dealkylation sites (N-methyl/N-ethyl adjacent to an activating group) is 1. The van der Waals surface area contributed by atoms with Gasteiger partial charge in [-0.25, -0.2) is 0 Å². The average molecular weight is 247 g/mol. The maximum absolute atomic E-state index is 12.0. The molecule has 1 saturated heterocycles. The number of nitrogens with zero attached hydrogens (tertiary/aromatic N) is 1. The zero-order valence-corrected chi connectivity index (χ0v) is 10.9.